The molecule has 2 heterocycles. The highest BCUT2D eigenvalue weighted by Crippen LogP contribution is 2.21. The van der Waals surface area contributed by atoms with Gasteiger partial charge in [-0.05, 0) is 30.5 Å². The summed E-state index contributed by atoms with van der Waals surface area (Å²) in [6.07, 6.45) is 2.41. The number of nitrogens with zero attached hydrogens (tertiary/aromatic N) is 2. The molecule has 0 aliphatic carbocycles. The van der Waals surface area contributed by atoms with Crippen LogP contribution in [0.5, 0.6) is 0 Å². The summed E-state index contributed by atoms with van der Waals surface area (Å²) in [5, 5.41) is 8.96. The van der Waals surface area contributed by atoms with Gasteiger partial charge in [0.2, 0.25) is 0 Å². The van der Waals surface area contributed by atoms with Gasteiger partial charge in [-0.1, -0.05) is 12.1 Å². The molecule has 3 rings (SSSR count). The van der Waals surface area contributed by atoms with Crippen molar-refractivity contribution in [3.63, 3.8) is 0 Å². The van der Waals surface area contributed by atoms with E-state index in [1.807, 2.05) is 4.90 Å². The minimum atomic E-state index is -0.987. The van der Waals surface area contributed by atoms with E-state index >= 15 is 0 Å². The number of aromatic nitrogens is 2. The zero-order valence-electron chi connectivity index (χ0n) is 13.4. The Morgan fingerprint density at radius 2 is 1.79 bits per heavy atom. The standard InChI is InChI=1S/C17H19N3O4/c1-19-15(21)13(10-11-4-6-12(7-5-11)16(22)23)14(18-17(19)24)20-8-2-3-9-20/h4-7H,2-3,8-10H2,1H3,(H,18,24)(H,22,23). The van der Waals surface area contributed by atoms with E-state index in [-0.39, 0.29) is 11.1 Å². The second kappa shape index (κ2) is 6.35. The van der Waals surface area contributed by atoms with Gasteiger partial charge in [0.25, 0.3) is 5.56 Å². The van der Waals surface area contributed by atoms with Crippen LogP contribution in [-0.2, 0) is 13.5 Å². The number of anilines is 1. The summed E-state index contributed by atoms with van der Waals surface area (Å²) < 4.78 is 1.07. The van der Waals surface area contributed by atoms with Crippen molar-refractivity contribution in [1.82, 2.24) is 9.55 Å². The molecule has 1 aromatic carbocycles. The van der Waals surface area contributed by atoms with E-state index in [1.54, 1.807) is 12.1 Å². The van der Waals surface area contributed by atoms with Crippen LogP contribution in [0.3, 0.4) is 0 Å². The first-order valence-corrected chi connectivity index (χ1v) is 7.86. The fourth-order valence-electron chi connectivity index (χ4n) is 3.00. The van der Waals surface area contributed by atoms with E-state index in [0.717, 1.165) is 36.1 Å². The van der Waals surface area contributed by atoms with Crippen LogP contribution in [0.15, 0.2) is 33.9 Å². The Balaban J connectivity index is 2.02. The van der Waals surface area contributed by atoms with Crippen LogP contribution in [0, 0.1) is 0 Å². The van der Waals surface area contributed by atoms with Gasteiger partial charge in [-0.3, -0.25) is 14.3 Å². The van der Waals surface area contributed by atoms with Crippen LogP contribution in [0.2, 0.25) is 0 Å². The zero-order chi connectivity index (χ0) is 17.3. The molecule has 0 amide bonds. The molecule has 7 heteroatoms. The topological polar surface area (TPSA) is 95.4 Å². The van der Waals surface area contributed by atoms with Gasteiger partial charge in [0.1, 0.15) is 5.82 Å². The van der Waals surface area contributed by atoms with Crippen molar-refractivity contribution in [2.24, 2.45) is 7.05 Å². The Kier molecular flexibility index (Phi) is 4.24. The Morgan fingerprint density at radius 3 is 2.38 bits per heavy atom. The molecule has 1 aromatic heterocycles. The summed E-state index contributed by atoms with van der Waals surface area (Å²) in [4.78, 5) is 40.3. The lowest BCUT2D eigenvalue weighted by Gasteiger charge is -2.20. The Bertz CT molecular complexity index is 874. The summed E-state index contributed by atoms with van der Waals surface area (Å²) in [7, 11) is 1.45. The summed E-state index contributed by atoms with van der Waals surface area (Å²) in [5.41, 5.74) is 0.814. The largest absolute Gasteiger partial charge is 0.478 e. The number of benzene rings is 1. The molecule has 24 heavy (non-hydrogen) atoms. The highest BCUT2D eigenvalue weighted by Gasteiger charge is 2.21. The van der Waals surface area contributed by atoms with Gasteiger partial charge >= 0.3 is 11.7 Å². The lowest BCUT2D eigenvalue weighted by molar-refractivity contribution is 0.0697. The highest BCUT2D eigenvalue weighted by atomic mass is 16.4. The maximum absolute atomic E-state index is 12.6. The fraction of sp³-hybridized carbons (Fsp3) is 0.353. The molecule has 0 radical (unpaired) electrons. The Labute approximate surface area is 138 Å². The van der Waals surface area contributed by atoms with Crippen molar-refractivity contribution in [2.75, 3.05) is 18.0 Å². The molecule has 2 aromatic rings. The third kappa shape index (κ3) is 2.97. The molecule has 1 fully saturated rings. The van der Waals surface area contributed by atoms with Gasteiger partial charge in [-0.15, -0.1) is 0 Å². The van der Waals surface area contributed by atoms with Crippen molar-refractivity contribution in [1.29, 1.82) is 0 Å². The third-order valence-corrected chi connectivity index (χ3v) is 4.38. The molecular weight excluding hydrogens is 310 g/mol. The lowest BCUT2D eigenvalue weighted by atomic mass is 10.0. The quantitative estimate of drug-likeness (QED) is 0.871. The number of carboxylic acids is 1. The molecule has 0 bridgehead atoms. The maximum atomic E-state index is 12.6. The predicted octanol–water partition coefficient (Wildman–Crippen LogP) is 0.963. The van der Waals surface area contributed by atoms with Gasteiger partial charge in [0.05, 0.1) is 11.1 Å². The van der Waals surface area contributed by atoms with Crippen molar-refractivity contribution < 1.29 is 9.90 Å². The molecular formula is C17H19N3O4. The number of carbonyl (C=O) groups is 1. The Morgan fingerprint density at radius 1 is 1.17 bits per heavy atom. The third-order valence-electron chi connectivity index (χ3n) is 4.38. The second-order valence-electron chi connectivity index (χ2n) is 5.99. The minimum Gasteiger partial charge on any atom is -0.478 e. The molecule has 1 aliphatic heterocycles. The first-order valence-electron chi connectivity index (χ1n) is 7.86. The first kappa shape index (κ1) is 16.0. The van der Waals surface area contributed by atoms with Gasteiger partial charge < -0.3 is 10.0 Å². The minimum absolute atomic E-state index is 0.202. The highest BCUT2D eigenvalue weighted by molar-refractivity contribution is 5.87. The van der Waals surface area contributed by atoms with Crippen molar-refractivity contribution >= 4 is 11.8 Å². The molecule has 0 saturated carbocycles. The molecule has 1 saturated heterocycles. The van der Waals surface area contributed by atoms with E-state index in [4.69, 9.17) is 5.11 Å². The van der Waals surface area contributed by atoms with Crippen LogP contribution in [0.4, 0.5) is 5.82 Å². The smallest absolute Gasteiger partial charge is 0.335 e. The number of aromatic carboxylic acids is 1. The van der Waals surface area contributed by atoms with Gasteiger partial charge in [0.15, 0.2) is 0 Å². The summed E-state index contributed by atoms with van der Waals surface area (Å²) in [6, 6.07) is 6.43. The Hall–Kier alpha value is -2.83. The van der Waals surface area contributed by atoms with Crippen LogP contribution < -0.4 is 16.1 Å². The molecule has 1 aliphatic rings. The fourth-order valence-corrected chi connectivity index (χ4v) is 3.00. The lowest BCUT2D eigenvalue weighted by Crippen LogP contribution is -2.38. The van der Waals surface area contributed by atoms with E-state index in [2.05, 4.69) is 4.98 Å². The van der Waals surface area contributed by atoms with E-state index in [0.29, 0.717) is 17.8 Å². The summed E-state index contributed by atoms with van der Waals surface area (Å²) in [5.74, 6) is -0.401. The average molecular weight is 329 g/mol. The van der Waals surface area contributed by atoms with Crippen molar-refractivity contribution in [2.45, 2.75) is 19.3 Å². The first-order chi connectivity index (χ1) is 11.5. The van der Waals surface area contributed by atoms with E-state index in [1.165, 1.54) is 19.2 Å². The number of carboxylic acid groups (broad SMARTS) is 1. The number of hydrogen-bond acceptors (Lipinski definition) is 4. The van der Waals surface area contributed by atoms with Gasteiger partial charge in [0, 0.05) is 26.6 Å². The number of aromatic amines is 1. The molecule has 0 unspecified atom stereocenters. The number of nitrogens with one attached hydrogen (secondary N) is 1. The SMILES string of the molecule is Cn1c(=O)[nH]c(N2CCCC2)c(Cc2ccc(C(=O)O)cc2)c1=O. The van der Waals surface area contributed by atoms with Crippen LogP contribution in [-0.4, -0.2) is 33.7 Å². The second-order valence-corrected chi connectivity index (χ2v) is 5.99. The van der Waals surface area contributed by atoms with Crippen LogP contribution in [0.1, 0.15) is 34.3 Å². The van der Waals surface area contributed by atoms with Crippen LogP contribution >= 0.6 is 0 Å². The van der Waals surface area contributed by atoms with E-state index in [9.17, 15) is 14.4 Å². The van der Waals surface area contributed by atoms with Crippen LogP contribution in [0.25, 0.3) is 0 Å². The predicted molar refractivity (Wildman–Crippen MR) is 90.0 cm³/mol. The molecule has 0 atom stereocenters. The average Bonchev–Trinajstić information content (AvgIpc) is 3.10. The van der Waals surface area contributed by atoms with Gasteiger partial charge in [-0.2, -0.15) is 0 Å². The van der Waals surface area contributed by atoms with E-state index < -0.39 is 11.7 Å². The van der Waals surface area contributed by atoms with Crippen molar-refractivity contribution in [3.05, 3.63) is 61.8 Å². The van der Waals surface area contributed by atoms with Gasteiger partial charge in [-0.25, -0.2) is 9.59 Å². The molecule has 0 spiro atoms. The summed E-state index contributed by atoms with van der Waals surface area (Å²) >= 11 is 0. The number of hydrogen-bond donors (Lipinski definition) is 2. The normalized spacial score (nSPS) is 14.1. The zero-order valence-corrected chi connectivity index (χ0v) is 13.4. The number of H-pyrrole nitrogens is 1. The molecule has 2 N–H and O–H groups in total. The molecule has 7 nitrogen and oxygen atoms in total. The maximum Gasteiger partial charge on any atom is 0.335 e. The monoisotopic (exact) mass is 329 g/mol. The number of rotatable bonds is 4. The summed E-state index contributed by atoms with van der Waals surface area (Å²) in [6.45, 7) is 1.63. The molecule has 126 valence electrons. The van der Waals surface area contributed by atoms with Crippen molar-refractivity contribution in [3.8, 4) is 0 Å².